The monoisotopic (exact) mass is 241 g/mol. The van der Waals surface area contributed by atoms with Crippen LogP contribution in [0.1, 0.15) is 15.9 Å². The van der Waals surface area contributed by atoms with Gasteiger partial charge in [0.25, 0.3) is 0 Å². The molecule has 0 atom stereocenters. The Bertz CT molecular complexity index is 740. The summed E-state index contributed by atoms with van der Waals surface area (Å²) in [4.78, 5) is 14.3. The SMILES string of the molecule is Cc1cccc2c(-c3[nH]ncc3C(=O)O)c[nH]c12. The molecule has 0 aliphatic carbocycles. The molecular weight excluding hydrogens is 230 g/mol. The molecule has 0 radical (unpaired) electrons. The predicted molar refractivity (Wildman–Crippen MR) is 67.6 cm³/mol. The van der Waals surface area contributed by atoms with E-state index in [1.165, 1.54) is 6.20 Å². The molecule has 18 heavy (non-hydrogen) atoms. The van der Waals surface area contributed by atoms with Crippen molar-refractivity contribution >= 4 is 16.9 Å². The van der Waals surface area contributed by atoms with Crippen LogP contribution in [-0.2, 0) is 0 Å². The molecule has 3 aromatic rings. The third kappa shape index (κ3) is 1.41. The summed E-state index contributed by atoms with van der Waals surface area (Å²) in [6.45, 7) is 2.01. The molecule has 0 bridgehead atoms. The zero-order valence-corrected chi connectivity index (χ0v) is 9.69. The number of aryl methyl sites for hydroxylation is 1. The van der Waals surface area contributed by atoms with Crippen LogP contribution in [0.3, 0.4) is 0 Å². The molecule has 5 heteroatoms. The minimum absolute atomic E-state index is 0.178. The van der Waals surface area contributed by atoms with Crippen LogP contribution in [-0.4, -0.2) is 26.3 Å². The van der Waals surface area contributed by atoms with E-state index in [0.717, 1.165) is 22.0 Å². The summed E-state index contributed by atoms with van der Waals surface area (Å²) < 4.78 is 0. The quantitative estimate of drug-likeness (QED) is 0.644. The number of rotatable bonds is 2. The van der Waals surface area contributed by atoms with Gasteiger partial charge in [0.1, 0.15) is 5.56 Å². The molecule has 1 aromatic carbocycles. The van der Waals surface area contributed by atoms with Crippen molar-refractivity contribution in [1.82, 2.24) is 15.2 Å². The number of hydrogen-bond acceptors (Lipinski definition) is 2. The smallest absolute Gasteiger partial charge is 0.339 e. The second-order valence-electron chi connectivity index (χ2n) is 4.16. The maximum atomic E-state index is 11.1. The van der Waals surface area contributed by atoms with E-state index in [1.807, 2.05) is 25.1 Å². The van der Waals surface area contributed by atoms with Gasteiger partial charge >= 0.3 is 5.97 Å². The van der Waals surface area contributed by atoms with Crippen molar-refractivity contribution in [3.05, 3.63) is 41.7 Å². The Kier molecular flexibility index (Phi) is 2.19. The number of H-pyrrole nitrogens is 2. The van der Waals surface area contributed by atoms with E-state index < -0.39 is 5.97 Å². The normalized spacial score (nSPS) is 10.9. The third-order valence-electron chi connectivity index (χ3n) is 3.06. The molecule has 0 spiro atoms. The number of nitrogens with one attached hydrogen (secondary N) is 2. The van der Waals surface area contributed by atoms with Gasteiger partial charge in [0.05, 0.1) is 11.9 Å². The number of carboxylic acid groups (broad SMARTS) is 1. The average Bonchev–Trinajstić information content (AvgIpc) is 2.94. The minimum atomic E-state index is -0.985. The van der Waals surface area contributed by atoms with Gasteiger partial charge in [-0.05, 0) is 12.5 Å². The summed E-state index contributed by atoms with van der Waals surface area (Å²) in [6.07, 6.45) is 3.13. The van der Waals surface area contributed by atoms with Gasteiger partial charge in [-0.15, -0.1) is 0 Å². The number of aromatic amines is 2. The van der Waals surface area contributed by atoms with Crippen molar-refractivity contribution in [3.8, 4) is 11.3 Å². The van der Waals surface area contributed by atoms with Gasteiger partial charge in [0.15, 0.2) is 0 Å². The van der Waals surface area contributed by atoms with Gasteiger partial charge in [-0.3, -0.25) is 5.10 Å². The number of nitrogens with zero attached hydrogens (tertiary/aromatic N) is 1. The number of aromatic carboxylic acids is 1. The number of hydrogen-bond donors (Lipinski definition) is 3. The number of carbonyl (C=O) groups is 1. The fraction of sp³-hybridized carbons (Fsp3) is 0.0769. The summed E-state index contributed by atoms with van der Waals surface area (Å²) in [5.74, 6) is -0.985. The van der Waals surface area contributed by atoms with Crippen LogP contribution in [0.2, 0.25) is 0 Å². The van der Waals surface area contributed by atoms with Crippen molar-refractivity contribution in [2.24, 2.45) is 0 Å². The van der Waals surface area contributed by atoms with Crippen molar-refractivity contribution in [1.29, 1.82) is 0 Å². The molecule has 0 saturated carbocycles. The van der Waals surface area contributed by atoms with Crippen molar-refractivity contribution in [2.75, 3.05) is 0 Å². The molecule has 90 valence electrons. The van der Waals surface area contributed by atoms with E-state index >= 15 is 0 Å². The van der Waals surface area contributed by atoms with E-state index in [0.29, 0.717) is 5.69 Å². The van der Waals surface area contributed by atoms with Crippen molar-refractivity contribution < 1.29 is 9.90 Å². The number of benzene rings is 1. The molecule has 3 rings (SSSR count). The van der Waals surface area contributed by atoms with Crippen LogP contribution in [0.5, 0.6) is 0 Å². The van der Waals surface area contributed by atoms with Gasteiger partial charge in [-0.25, -0.2) is 4.79 Å². The second kappa shape index (κ2) is 3.73. The summed E-state index contributed by atoms with van der Waals surface area (Å²) in [6, 6.07) is 5.92. The second-order valence-corrected chi connectivity index (χ2v) is 4.16. The zero-order chi connectivity index (χ0) is 12.7. The summed E-state index contributed by atoms with van der Waals surface area (Å²) in [5.41, 5.74) is 3.66. The first-order valence-electron chi connectivity index (χ1n) is 5.52. The standard InChI is InChI=1S/C13H11N3O2/c1-7-3-2-4-8-9(5-14-11(7)8)12-10(13(17)18)6-15-16-12/h2-6,14H,1H3,(H,15,16)(H,17,18). The molecule has 0 fully saturated rings. The first-order chi connectivity index (χ1) is 8.68. The number of aromatic nitrogens is 3. The molecule has 0 amide bonds. The highest BCUT2D eigenvalue weighted by atomic mass is 16.4. The van der Waals surface area contributed by atoms with Crippen molar-refractivity contribution in [3.63, 3.8) is 0 Å². The van der Waals surface area contributed by atoms with E-state index in [9.17, 15) is 4.79 Å². The van der Waals surface area contributed by atoms with Gasteiger partial charge in [-0.1, -0.05) is 18.2 Å². The topological polar surface area (TPSA) is 81.8 Å². The Labute approximate surface area is 102 Å². The molecule has 0 aliphatic heterocycles. The maximum Gasteiger partial charge on any atom is 0.339 e. The summed E-state index contributed by atoms with van der Waals surface area (Å²) in [5, 5.41) is 16.7. The third-order valence-corrected chi connectivity index (χ3v) is 3.06. The fourth-order valence-electron chi connectivity index (χ4n) is 2.17. The number of fused-ring (bicyclic) bond motifs is 1. The molecule has 0 unspecified atom stereocenters. The lowest BCUT2D eigenvalue weighted by Gasteiger charge is -1.99. The molecular formula is C13H11N3O2. The Morgan fingerprint density at radius 3 is 3.00 bits per heavy atom. The number of carboxylic acids is 1. The highest BCUT2D eigenvalue weighted by Crippen LogP contribution is 2.30. The maximum absolute atomic E-state index is 11.1. The van der Waals surface area contributed by atoms with E-state index in [4.69, 9.17) is 5.11 Å². The molecule has 2 heterocycles. The van der Waals surface area contributed by atoms with E-state index in [2.05, 4.69) is 15.2 Å². The van der Waals surface area contributed by atoms with E-state index in [1.54, 1.807) is 6.20 Å². The lowest BCUT2D eigenvalue weighted by atomic mass is 10.1. The predicted octanol–water partition coefficient (Wildman–Crippen LogP) is 2.56. The average molecular weight is 241 g/mol. The van der Waals surface area contributed by atoms with Crippen LogP contribution < -0.4 is 0 Å². The molecule has 0 saturated heterocycles. The van der Waals surface area contributed by atoms with Crippen LogP contribution in [0, 0.1) is 6.92 Å². The zero-order valence-electron chi connectivity index (χ0n) is 9.69. The van der Waals surface area contributed by atoms with Gasteiger partial charge in [0, 0.05) is 22.7 Å². The highest BCUT2D eigenvalue weighted by molar-refractivity contribution is 6.02. The molecule has 0 aliphatic rings. The molecule has 2 aromatic heterocycles. The van der Waals surface area contributed by atoms with Crippen LogP contribution in [0.15, 0.2) is 30.6 Å². The fourth-order valence-corrected chi connectivity index (χ4v) is 2.17. The Morgan fingerprint density at radius 2 is 2.22 bits per heavy atom. The Hall–Kier alpha value is -2.56. The first-order valence-corrected chi connectivity index (χ1v) is 5.52. The first kappa shape index (κ1) is 10.6. The van der Waals surface area contributed by atoms with Crippen LogP contribution in [0.4, 0.5) is 0 Å². The van der Waals surface area contributed by atoms with E-state index in [-0.39, 0.29) is 5.56 Å². The molecule has 3 N–H and O–H groups in total. The van der Waals surface area contributed by atoms with Gasteiger partial charge in [0.2, 0.25) is 0 Å². The van der Waals surface area contributed by atoms with Gasteiger partial charge < -0.3 is 10.1 Å². The summed E-state index contributed by atoms with van der Waals surface area (Å²) >= 11 is 0. The Balaban J connectivity index is 2.29. The Morgan fingerprint density at radius 1 is 1.39 bits per heavy atom. The van der Waals surface area contributed by atoms with Crippen LogP contribution in [0.25, 0.3) is 22.2 Å². The molecule has 5 nitrogen and oxygen atoms in total. The minimum Gasteiger partial charge on any atom is -0.478 e. The number of para-hydroxylation sites is 1. The van der Waals surface area contributed by atoms with Crippen molar-refractivity contribution in [2.45, 2.75) is 6.92 Å². The summed E-state index contributed by atoms with van der Waals surface area (Å²) in [7, 11) is 0. The highest BCUT2D eigenvalue weighted by Gasteiger charge is 2.17. The lowest BCUT2D eigenvalue weighted by molar-refractivity contribution is 0.0698. The largest absolute Gasteiger partial charge is 0.478 e. The van der Waals surface area contributed by atoms with Gasteiger partial charge in [-0.2, -0.15) is 5.10 Å². The van der Waals surface area contributed by atoms with Crippen LogP contribution >= 0.6 is 0 Å². The lowest BCUT2D eigenvalue weighted by Crippen LogP contribution is -1.96.